The summed E-state index contributed by atoms with van der Waals surface area (Å²) in [5, 5.41) is 17.5. The zero-order chi connectivity index (χ0) is 22.9. The highest BCUT2D eigenvalue weighted by molar-refractivity contribution is 6.31. The molecule has 0 spiro atoms. The lowest BCUT2D eigenvalue weighted by atomic mass is 9.89. The van der Waals surface area contributed by atoms with E-state index in [4.69, 9.17) is 21.8 Å². The Morgan fingerprint density at radius 1 is 1.22 bits per heavy atom. The summed E-state index contributed by atoms with van der Waals surface area (Å²) in [5.74, 6) is -0.149. The molecule has 1 aliphatic rings. The van der Waals surface area contributed by atoms with E-state index in [0.29, 0.717) is 16.3 Å². The molecule has 32 heavy (non-hydrogen) atoms. The van der Waals surface area contributed by atoms with Gasteiger partial charge in [0.05, 0.1) is 11.1 Å². The minimum absolute atomic E-state index is 0.0768. The van der Waals surface area contributed by atoms with Gasteiger partial charge in [-0.1, -0.05) is 32.4 Å². The van der Waals surface area contributed by atoms with E-state index >= 15 is 0 Å². The monoisotopic (exact) mass is 449 g/mol. The Morgan fingerprint density at radius 3 is 2.72 bits per heavy atom. The van der Waals surface area contributed by atoms with Crippen molar-refractivity contribution >= 4 is 34.1 Å². The predicted octanol–water partition coefficient (Wildman–Crippen LogP) is 5.54. The van der Waals surface area contributed by atoms with Crippen LogP contribution in [0.5, 0.6) is 0 Å². The summed E-state index contributed by atoms with van der Waals surface area (Å²) in [4.78, 5) is 20.3. The number of carbonyl (C=O) groups is 1. The van der Waals surface area contributed by atoms with Gasteiger partial charge in [0.1, 0.15) is 11.8 Å². The van der Waals surface area contributed by atoms with Crippen LogP contribution in [0, 0.1) is 11.3 Å². The lowest BCUT2D eigenvalue weighted by Gasteiger charge is -2.31. The second kappa shape index (κ2) is 8.84. The fourth-order valence-corrected chi connectivity index (χ4v) is 4.40. The van der Waals surface area contributed by atoms with Gasteiger partial charge in [0.2, 0.25) is 0 Å². The Hall–Kier alpha value is -3.04. The second-order valence-corrected chi connectivity index (χ2v) is 10.00. The van der Waals surface area contributed by atoms with E-state index in [1.54, 1.807) is 12.3 Å². The van der Waals surface area contributed by atoms with Gasteiger partial charge in [-0.2, -0.15) is 5.26 Å². The molecule has 3 aromatic rings. The number of carbonyl (C=O) groups excluding carboxylic acids is 1. The predicted molar refractivity (Wildman–Crippen MR) is 128 cm³/mol. The molecule has 4 rings (SSSR count). The highest BCUT2D eigenvalue weighted by Crippen LogP contribution is 2.33. The lowest BCUT2D eigenvalue weighted by molar-refractivity contribution is 0.0926. The first-order valence-electron chi connectivity index (χ1n) is 11.0. The third kappa shape index (κ3) is 4.89. The van der Waals surface area contributed by atoms with Crippen molar-refractivity contribution in [2.45, 2.75) is 64.0 Å². The number of halogens is 1. The molecule has 1 fully saturated rings. The topological polar surface area (TPSA) is 93.6 Å². The van der Waals surface area contributed by atoms with E-state index in [9.17, 15) is 4.79 Å². The Labute approximate surface area is 193 Å². The number of hydrogen-bond acceptors (Lipinski definition) is 4. The van der Waals surface area contributed by atoms with Crippen molar-refractivity contribution in [3.63, 3.8) is 0 Å². The summed E-state index contributed by atoms with van der Waals surface area (Å²) in [7, 11) is 0. The number of benzene rings is 1. The van der Waals surface area contributed by atoms with Gasteiger partial charge in [0.15, 0.2) is 0 Å². The fraction of sp³-hybridized carbons (Fsp3) is 0.400. The van der Waals surface area contributed by atoms with Crippen LogP contribution in [0.2, 0.25) is 5.02 Å². The number of aromatic nitrogens is 2. The maximum absolute atomic E-state index is 12.6. The molecule has 3 N–H and O–H groups in total. The van der Waals surface area contributed by atoms with Crippen molar-refractivity contribution < 1.29 is 4.79 Å². The Morgan fingerprint density at radius 2 is 2.00 bits per heavy atom. The number of nitrogens with zero attached hydrogens (tertiary/aromatic N) is 2. The minimum atomic E-state index is -0.149. The molecule has 6 nitrogen and oxygen atoms in total. The van der Waals surface area contributed by atoms with Crippen molar-refractivity contribution in [1.82, 2.24) is 15.3 Å². The zero-order valence-corrected chi connectivity index (χ0v) is 19.4. The van der Waals surface area contributed by atoms with Crippen molar-refractivity contribution in [3.05, 3.63) is 58.5 Å². The number of nitrogens with one attached hydrogen (secondary N) is 3. The van der Waals surface area contributed by atoms with Crippen LogP contribution in [-0.2, 0) is 5.41 Å². The largest absolute Gasteiger partial charge is 0.382 e. The van der Waals surface area contributed by atoms with Gasteiger partial charge in [-0.3, -0.25) is 9.78 Å². The first-order valence-corrected chi connectivity index (χ1v) is 11.4. The second-order valence-electron chi connectivity index (χ2n) is 9.56. The van der Waals surface area contributed by atoms with Crippen molar-refractivity contribution in [1.29, 1.82) is 5.26 Å². The Bertz CT molecular complexity index is 1190. The zero-order valence-electron chi connectivity index (χ0n) is 18.6. The molecule has 1 saturated carbocycles. The van der Waals surface area contributed by atoms with Crippen LogP contribution >= 0.6 is 11.6 Å². The third-order valence-corrected chi connectivity index (χ3v) is 6.21. The summed E-state index contributed by atoms with van der Waals surface area (Å²) >= 11 is 6.29. The smallest absolute Gasteiger partial charge is 0.253 e. The van der Waals surface area contributed by atoms with Gasteiger partial charge in [0, 0.05) is 45.5 Å². The number of amides is 1. The van der Waals surface area contributed by atoms with E-state index < -0.39 is 0 Å². The molecule has 2 atom stereocenters. The normalized spacial score (nSPS) is 18.8. The number of rotatable bonds is 4. The molecule has 0 aliphatic heterocycles. The van der Waals surface area contributed by atoms with E-state index in [1.807, 2.05) is 24.3 Å². The number of nitriles is 1. The summed E-state index contributed by atoms with van der Waals surface area (Å²) in [6.45, 7) is 6.48. The molecule has 2 heterocycles. The fourth-order valence-electron chi connectivity index (χ4n) is 4.23. The van der Waals surface area contributed by atoms with Crippen molar-refractivity contribution in [2.24, 2.45) is 0 Å². The van der Waals surface area contributed by atoms with Crippen LogP contribution in [0.25, 0.3) is 10.9 Å². The van der Waals surface area contributed by atoms with E-state index in [-0.39, 0.29) is 23.4 Å². The Balaban J connectivity index is 1.53. The first-order chi connectivity index (χ1) is 15.2. The summed E-state index contributed by atoms with van der Waals surface area (Å²) in [5.41, 5.74) is 3.77. The molecule has 0 radical (unpaired) electrons. The van der Waals surface area contributed by atoms with Gasteiger partial charge in [-0.05, 0) is 56.0 Å². The average molecular weight is 450 g/mol. The number of anilines is 1. The van der Waals surface area contributed by atoms with E-state index in [0.717, 1.165) is 48.0 Å². The standard InChI is InChI=1S/C25H28ClN5O/c1-25(2,3)23-12-22(20-10-16(26)7-8-21(20)31-23)29-17-5-4-6-18(11-17)30-24(32)15-9-19(13-27)28-14-15/h7-10,12,14,17-18,28H,4-6,11H2,1-3H3,(H,29,31)(H,30,32)/t17-,18+/m0/s1. The van der Waals surface area contributed by atoms with Gasteiger partial charge >= 0.3 is 0 Å². The lowest BCUT2D eigenvalue weighted by Crippen LogP contribution is -2.41. The summed E-state index contributed by atoms with van der Waals surface area (Å²) < 4.78 is 0. The number of pyridine rings is 1. The van der Waals surface area contributed by atoms with Crippen molar-refractivity contribution in [2.75, 3.05) is 5.32 Å². The van der Waals surface area contributed by atoms with Gasteiger partial charge in [-0.15, -0.1) is 0 Å². The maximum Gasteiger partial charge on any atom is 0.253 e. The van der Waals surface area contributed by atoms with Crippen LogP contribution < -0.4 is 10.6 Å². The number of fused-ring (bicyclic) bond motifs is 1. The summed E-state index contributed by atoms with van der Waals surface area (Å²) in [6.07, 6.45) is 5.40. The average Bonchev–Trinajstić information content (AvgIpc) is 3.23. The van der Waals surface area contributed by atoms with Gasteiger partial charge < -0.3 is 15.6 Å². The molecule has 7 heteroatoms. The Kier molecular flexibility index (Phi) is 6.12. The van der Waals surface area contributed by atoms with Crippen LogP contribution in [0.3, 0.4) is 0 Å². The van der Waals surface area contributed by atoms with Gasteiger partial charge in [0.25, 0.3) is 5.91 Å². The molecule has 1 aliphatic carbocycles. The molecule has 0 bridgehead atoms. The van der Waals surface area contributed by atoms with E-state index in [2.05, 4.69) is 42.5 Å². The number of aromatic amines is 1. The molecular weight excluding hydrogens is 422 g/mol. The minimum Gasteiger partial charge on any atom is -0.382 e. The quantitative estimate of drug-likeness (QED) is 0.487. The van der Waals surface area contributed by atoms with Crippen LogP contribution in [0.15, 0.2) is 36.5 Å². The van der Waals surface area contributed by atoms with Crippen LogP contribution in [0.4, 0.5) is 5.69 Å². The molecule has 0 saturated heterocycles. The molecule has 166 valence electrons. The van der Waals surface area contributed by atoms with Crippen molar-refractivity contribution in [3.8, 4) is 6.07 Å². The first kappa shape index (κ1) is 22.2. The van der Waals surface area contributed by atoms with E-state index in [1.165, 1.54) is 0 Å². The molecular formula is C25H28ClN5O. The van der Waals surface area contributed by atoms with Gasteiger partial charge in [-0.25, -0.2) is 0 Å². The highest BCUT2D eigenvalue weighted by atomic mass is 35.5. The third-order valence-electron chi connectivity index (χ3n) is 5.97. The molecule has 1 aromatic carbocycles. The van der Waals surface area contributed by atoms with Crippen LogP contribution in [0.1, 0.15) is 68.2 Å². The molecule has 0 unspecified atom stereocenters. The maximum atomic E-state index is 12.6. The highest BCUT2D eigenvalue weighted by Gasteiger charge is 2.25. The summed E-state index contributed by atoms with van der Waals surface area (Å²) in [6, 6.07) is 11.8. The van der Waals surface area contributed by atoms with Crippen LogP contribution in [-0.4, -0.2) is 28.0 Å². The number of hydrogen-bond donors (Lipinski definition) is 3. The number of H-pyrrole nitrogens is 1. The molecule has 2 aromatic heterocycles. The SMILES string of the molecule is CC(C)(C)c1cc(N[C@H]2CCC[C@@H](NC(=O)c3c[nH]c(C#N)c3)C2)c2cc(Cl)ccc2n1. The molecule has 1 amide bonds.